The van der Waals surface area contributed by atoms with Gasteiger partial charge in [0.25, 0.3) is 0 Å². The Bertz CT molecular complexity index is 2550. The van der Waals surface area contributed by atoms with Crippen LogP contribution in [0.2, 0.25) is 0 Å². The summed E-state index contributed by atoms with van der Waals surface area (Å²) in [6.45, 7) is 0. The van der Waals surface area contributed by atoms with E-state index in [1.54, 1.807) is 6.20 Å². The normalized spacial score (nSPS) is 11.5. The third kappa shape index (κ3) is 4.38. The van der Waals surface area contributed by atoms with Crippen LogP contribution in [-0.2, 0) is 0 Å². The lowest BCUT2D eigenvalue weighted by Gasteiger charge is -2.19. The SMILES string of the molecule is ClOc1c(-c2c3ccccc3c(-c3ccc(-c4nc5ccccc5n4-c4ccccc4)cc3)c3ccccc23)ccc2cccnc12. The molecule has 0 amide bonds. The van der Waals surface area contributed by atoms with E-state index in [4.69, 9.17) is 21.1 Å². The first-order valence-electron chi connectivity index (χ1n) is 15.5. The van der Waals surface area contributed by atoms with Gasteiger partial charge < -0.3 is 4.29 Å². The molecule has 0 radical (unpaired) electrons. The summed E-state index contributed by atoms with van der Waals surface area (Å²) in [4.78, 5) is 9.70. The Hall–Kier alpha value is -5.97. The summed E-state index contributed by atoms with van der Waals surface area (Å²) in [5, 5.41) is 5.49. The molecule has 0 spiro atoms. The number of halogens is 1. The fourth-order valence-electron chi connectivity index (χ4n) is 6.97. The lowest BCUT2D eigenvalue weighted by molar-refractivity contribution is 0.627. The first-order valence-corrected chi connectivity index (χ1v) is 15.8. The highest BCUT2D eigenvalue weighted by Crippen LogP contribution is 2.47. The van der Waals surface area contributed by atoms with Crippen LogP contribution in [-0.4, -0.2) is 14.5 Å². The standard InChI is InChI=1S/C42H26ClN3O/c43-47-41-35(25-24-28-11-10-26-44-40(28)41)39-33-16-6-4-14-31(33)38(32-15-5-7-17-34(32)39)27-20-22-29(23-21-27)42-45-36-18-8-9-19-37(36)46(42)30-12-2-1-3-13-30/h1-26H. The van der Waals surface area contributed by atoms with Crippen LogP contribution in [0.3, 0.4) is 0 Å². The molecule has 0 fully saturated rings. The summed E-state index contributed by atoms with van der Waals surface area (Å²) in [5.41, 5.74) is 9.18. The molecule has 4 nitrogen and oxygen atoms in total. The fraction of sp³-hybridized carbons (Fsp3) is 0. The first kappa shape index (κ1) is 27.3. The summed E-state index contributed by atoms with van der Waals surface area (Å²) in [6.07, 6.45) is 1.77. The van der Waals surface area contributed by atoms with Gasteiger partial charge in [-0.1, -0.05) is 115 Å². The van der Waals surface area contributed by atoms with Crippen molar-refractivity contribution in [3.63, 3.8) is 0 Å². The molecule has 9 rings (SSSR count). The molecule has 5 heteroatoms. The Morgan fingerprint density at radius 1 is 0.532 bits per heavy atom. The lowest BCUT2D eigenvalue weighted by Crippen LogP contribution is -1.97. The van der Waals surface area contributed by atoms with Crippen LogP contribution >= 0.6 is 11.9 Å². The maximum absolute atomic E-state index is 6.19. The van der Waals surface area contributed by atoms with Gasteiger partial charge in [-0.25, -0.2) is 4.98 Å². The van der Waals surface area contributed by atoms with Crippen molar-refractivity contribution in [2.24, 2.45) is 0 Å². The van der Waals surface area contributed by atoms with E-state index in [2.05, 4.69) is 137 Å². The van der Waals surface area contributed by atoms with Crippen molar-refractivity contribution < 1.29 is 4.29 Å². The van der Waals surface area contributed by atoms with Gasteiger partial charge in [0.2, 0.25) is 0 Å². The van der Waals surface area contributed by atoms with Crippen LogP contribution in [0.5, 0.6) is 5.75 Å². The molecule has 0 aliphatic carbocycles. The predicted molar refractivity (Wildman–Crippen MR) is 194 cm³/mol. The van der Waals surface area contributed by atoms with E-state index in [9.17, 15) is 0 Å². The number of imidazole rings is 1. The molecule has 222 valence electrons. The van der Waals surface area contributed by atoms with Gasteiger partial charge >= 0.3 is 0 Å². The molecule has 2 aromatic heterocycles. The van der Waals surface area contributed by atoms with E-state index < -0.39 is 0 Å². The summed E-state index contributed by atoms with van der Waals surface area (Å²) >= 11 is 6.19. The number of benzene rings is 7. The second-order valence-electron chi connectivity index (χ2n) is 11.6. The molecule has 0 saturated carbocycles. The average Bonchev–Trinajstić information content (AvgIpc) is 3.53. The molecular formula is C42H26ClN3O. The van der Waals surface area contributed by atoms with E-state index >= 15 is 0 Å². The van der Waals surface area contributed by atoms with Gasteiger partial charge in [-0.15, -0.1) is 0 Å². The quantitative estimate of drug-likeness (QED) is 0.179. The van der Waals surface area contributed by atoms with Crippen LogP contribution in [0.25, 0.3) is 82.8 Å². The number of hydrogen-bond donors (Lipinski definition) is 0. The van der Waals surface area contributed by atoms with Crippen LogP contribution < -0.4 is 4.29 Å². The number of rotatable bonds is 5. The van der Waals surface area contributed by atoms with E-state index in [0.717, 1.165) is 77.2 Å². The molecule has 2 heterocycles. The van der Waals surface area contributed by atoms with Crippen LogP contribution in [0.1, 0.15) is 0 Å². The minimum absolute atomic E-state index is 0.554. The van der Waals surface area contributed by atoms with Crippen molar-refractivity contribution in [2.75, 3.05) is 0 Å². The predicted octanol–water partition coefficient (Wildman–Crippen LogP) is 11.4. The minimum Gasteiger partial charge on any atom is -0.383 e. The Kier molecular flexibility index (Phi) is 6.47. The Labute approximate surface area is 276 Å². The Morgan fingerprint density at radius 2 is 1.15 bits per heavy atom. The molecule has 0 aliphatic rings. The fourth-order valence-corrected chi connectivity index (χ4v) is 7.12. The highest BCUT2D eigenvalue weighted by Gasteiger charge is 2.21. The van der Waals surface area contributed by atoms with Gasteiger partial charge in [0, 0.05) is 34.0 Å². The zero-order valence-corrected chi connectivity index (χ0v) is 25.9. The number of fused-ring (bicyclic) bond motifs is 4. The Balaban J connectivity index is 1.26. The molecule has 0 unspecified atom stereocenters. The number of nitrogens with zero attached hydrogens (tertiary/aromatic N) is 3. The van der Waals surface area contributed by atoms with Gasteiger partial charge in [-0.3, -0.25) is 9.55 Å². The second kappa shape index (κ2) is 11.1. The number of pyridine rings is 1. The van der Waals surface area contributed by atoms with Gasteiger partial charge in [0.15, 0.2) is 5.75 Å². The molecule has 9 aromatic rings. The summed E-state index contributed by atoms with van der Waals surface area (Å²) in [5.74, 6) is 1.46. The van der Waals surface area contributed by atoms with Crippen molar-refractivity contribution in [3.8, 4) is 45.1 Å². The van der Waals surface area contributed by atoms with Gasteiger partial charge in [0.1, 0.15) is 23.2 Å². The molecule has 0 saturated heterocycles. The first-order chi connectivity index (χ1) is 23.3. The Morgan fingerprint density at radius 3 is 1.85 bits per heavy atom. The van der Waals surface area contributed by atoms with Gasteiger partial charge in [-0.2, -0.15) is 0 Å². The van der Waals surface area contributed by atoms with Crippen molar-refractivity contribution in [3.05, 3.63) is 158 Å². The molecule has 0 atom stereocenters. The van der Waals surface area contributed by atoms with Gasteiger partial charge in [-0.05, 0) is 69.1 Å². The topological polar surface area (TPSA) is 39.9 Å². The van der Waals surface area contributed by atoms with Crippen molar-refractivity contribution >= 4 is 55.3 Å². The number of hydrogen-bond acceptors (Lipinski definition) is 3. The third-order valence-electron chi connectivity index (χ3n) is 9.01. The largest absolute Gasteiger partial charge is 0.383 e. The van der Waals surface area contributed by atoms with Gasteiger partial charge in [0.05, 0.1) is 11.0 Å². The molecule has 0 bridgehead atoms. The lowest BCUT2D eigenvalue weighted by atomic mass is 9.85. The number of para-hydroxylation sites is 3. The molecule has 0 N–H and O–H groups in total. The molecule has 7 aromatic carbocycles. The third-order valence-corrected chi connectivity index (χ3v) is 9.17. The number of aromatic nitrogens is 3. The summed E-state index contributed by atoms with van der Waals surface area (Å²) < 4.78 is 7.78. The summed E-state index contributed by atoms with van der Waals surface area (Å²) in [6, 6.07) is 52.7. The van der Waals surface area contributed by atoms with Crippen molar-refractivity contribution in [1.29, 1.82) is 0 Å². The maximum Gasteiger partial charge on any atom is 0.180 e. The van der Waals surface area contributed by atoms with Crippen LogP contribution in [0.4, 0.5) is 0 Å². The van der Waals surface area contributed by atoms with Crippen molar-refractivity contribution in [2.45, 2.75) is 0 Å². The highest BCUT2D eigenvalue weighted by molar-refractivity contribution is 6.23. The van der Waals surface area contributed by atoms with E-state index in [-0.39, 0.29) is 0 Å². The van der Waals surface area contributed by atoms with E-state index in [0.29, 0.717) is 5.75 Å². The van der Waals surface area contributed by atoms with E-state index in [1.165, 1.54) is 5.56 Å². The zero-order valence-electron chi connectivity index (χ0n) is 25.1. The zero-order chi connectivity index (χ0) is 31.3. The van der Waals surface area contributed by atoms with Crippen LogP contribution in [0, 0.1) is 0 Å². The smallest absolute Gasteiger partial charge is 0.180 e. The maximum atomic E-state index is 6.19. The van der Waals surface area contributed by atoms with Crippen molar-refractivity contribution in [1.82, 2.24) is 14.5 Å². The van der Waals surface area contributed by atoms with Crippen LogP contribution in [0.15, 0.2) is 158 Å². The van der Waals surface area contributed by atoms with E-state index in [1.807, 2.05) is 24.3 Å². The average molecular weight is 624 g/mol. The molecular weight excluding hydrogens is 598 g/mol. The monoisotopic (exact) mass is 623 g/mol. The highest BCUT2D eigenvalue weighted by atomic mass is 35.5. The molecule has 0 aliphatic heterocycles. The molecule has 47 heavy (non-hydrogen) atoms. The summed E-state index contributed by atoms with van der Waals surface area (Å²) in [7, 11) is 0. The second-order valence-corrected chi connectivity index (χ2v) is 11.8. The minimum atomic E-state index is 0.554.